The molecule has 0 aliphatic rings. The third kappa shape index (κ3) is 5.21. The lowest BCUT2D eigenvalue weighted by molar-refractivity contribution is -0.384. The molecule has 11 heteroatoms. The summed E-state index contributed by atoms with van der Waals surface area (Å²) in [7, 11) is 0. The number of halogens is 4. The van der Waals surface area contributed by atoms with Crippen LogP contribution < -0.4 is 10.6 Å². The molecule has 144 valence electrons. The van der Waals surface area contributed by atoms with Gasteiger partial charge in [0, 0.05) is 24.0 Å². The maximum absolute atomic E-state index is 12.5. The Labute approximate surface area is 161 Å². The van der Waals surface area contributed by atoms with E-state index < -0.39 is 28.1 Å². The van der Waals surface area contributed by atoms with E-state index >= 15 is 0 Å². The van der Waals surface area contributed by atoms with Crippen LogP contribution in [0.25, 0.3) is 0 Å². The van der Waals surface area contributed by atoms with Gasteiger partial charge in [0.15, 0.2) is 0 Å². The smallest absolute Gasteiger partial charge is 0.360 e. The quantitative estimate of drug-likeness (QED) is 0.321. The number of hydrogen-bond acceptors (Lipinski definition) is 5. The van der Waals surface area contributed by atoms with Crippen LogP contribution in [-0.4, -0.2) is 10.8 Å². The normalized spacial score (nSPS) is 11.5. The van der Waals surface area contributed by atoms with Crippen molar-refractivity contribution in [2.75, 3.05) is 10.6 Å². The zero-order chi connectivity index (χ0) is 20.9. The van der Waals surface area contributed by atoms with Gasteiger partial charge in [-0.3, -0.25) is 14.9 Å². The maximum Gasteiger partial charge on any atom is 0.416 e. The average Bonchev–Trinajstić information content (AvgIpc) is 2.63. The molecule has 0 spiro atoms. The van der Waals surface area contributed by atoms with E-state index in [0.29, 0.717) is 0 Å². The second-order valence-corrected chi connectivity index (χ2v) is 5.67. The molecule has 0 aromatic heterocycles. The van der Waals surface area contributed by atoms with Crippen LogP contribution in [0.1, 0.15) is 5.56 Å². The number of nitro benzene ring substituents is 1. The van der Waals surface area contributed by atoms with Gasteiger partial charge in [0.2, 0.25) is 0 Å². The molecule has 0 aliphatic heterocycles. The van der Waals surface area contributed by atoms with E-state index in [0.717, 1.165) is 42.6 Å². The van der Waals surface area contributed by atoms with Gasteiger partial charge >= 0.3 is 6.18 Å². The van der Waals surface area contributed by atoms with E-state index in [4.69, 9.17) is 16.9 Å². The standard InChI is InChI=1S/C17H10ClF3N4O3/c18-14-6-5-13(25(27)28)7-15(14)24-16(26)10(8-22)9-23-12-3-1-11(2-4-12)17(19,20)21/h1-7,9,23H,(H,24,26)/b10-9-. The first-order valence-electron chi connectivity index (χ1n) is 7.41. The summed E-state index contributed by atoms with van der Waals surface area (Å²) in [5.41, 5.74) is -1.45. The van der Waals surface area contributed by atoms with Crippen molar-refractivity contribution >= 4 is 34.6 Å². The predicted octanol–water partition coefficient (Wildman–Crippen LogP) is 4.73. The number of nitrogens with zero attached hydrogens (tertiary/aromatic N) is 2. The average molecular weight is 411 g/mol. The summed E-state index contributed by atoms with van der Waals surface area (Å²) in [5, 5.41) is 24.7. The molecule has 0 radical (unpaired) electrons. The second-order valence-electron chi connectivity index (χ2n) is 5.26. The van der Waals surface area contributed by atoms with Crippen molar-refractivity contribution < 1.29 is 22.9 Å². The first-order valence-corrected chi connectivity index (χ1v) is 7.79. The molecule has 2 aromatic rings. The molecule has 7 nitrogen and oxygen atoms in total. The van der Waals surface area contributed by atoms with E-state index in [9.17, 15) is 28.1 Å². The van der Waals surface area contributed by atoms with Gasteiger partial charge in [-0.1, -0.05) is 11.6 Å². The number of carbonyl (C=O) groups is 1. The maximum atomic E-state index is 12.5. The molecule has 0 heterocycles. The molecule has 2 N–H and O–H groups in total. The van der Waals surface area contributed by atoms with Gasteiger partial charge in [-0.15, -0.1) is 0 Å². The molecule has 2 aromatic carbocycles. The molecule has 0 unspecified atom stereocenters. The first kappa shape index (κ1) is 20.7. The van der Waals surface area contributed by atoms with E-state index in [1.165, 1.54) is 6.07 Å². The summed E-state index contributed by atoms with van der Waals surface area (Å²) < 4.78 is 37.6. The monoisotopic (exact) mass is 410 g/mol. The highest BCUT2D eigenvalue weighted by Gasteiger charge is 2.29. The highest BCUT2D eigenvalue weighted by atomic mass is 35.5. The lowest BCUT2D eigenvalue weighted by Crippen LogP contribution is -2.15. The van der Waals surface area contributed by atoms with Gasteiger partial charge < -0.3 is 10.6 Å². The Balaban J connectivity index is 2.14. The van der Waals surface area contributed by atoms with Gasteiger partial charge in [0.25, 0.3) is 11.6 Å². The van der Waals surface area contributed by atoms with Gasteiger partial charge in [0.1, 0.15) is 11.6 Å². The predicted molar refractivity (Wildman–Crippen MR) is 95.5 cm³/mol. The molecule has 2 rings (SSSR count). The number of rotatable bonds is 5. The fraction of sp³-hybridized carbons (Fsp3) is 0.0588. The number of carbonyl (C=O) groups excluding carboxylic acids is 1. The summed E-state index contributed by atoms with van der Waals surface area (Å²) in [5.74, 6) is -0.913. The molecule has 0 saturated carbocycles. The number of non-ortho nitro benzene ring substituents is 1. The van der Waals surface area contributed by atoms with Crippen LogP contribution in [0.15, 0.2) is 54.2 Å². The van der Waals surface area contributed by atoms with Crippen molar-refractivity contribution in [1.82, 2.24) is 0 Å². The zero-order valence-corrected chi connectivity index (χ0v) is 14.5. The fourth-order valence-corrected chi connectivity index (χ4v) is 2.14. The Bertz CT molecular complexity index is 983. The van der Waals surface area contributed by atoms with Crippen LogP contribution in [0, 0.1) is 21.4 Å². The minimum absolute atomic E-state index is 0.0203. The van der Waals surface area contributed by atoms with Gasteiger partial charge in [-0.2, -0.15) is 18.4 Å². The second kappa shape index (κ2) is 8.41. The van der Waals surface area contributed by atoms with Gasteiger partial charge in [0.05, 0.1) is 21.2 Å². The largest absolute Gasteiger partial charge is 0.416 e. The van der Waals surface area contributed by atoms with Crippen LogP contribution in [0.4, 0.5) is 30.2 Å². The Morgan fingerprint density at radius 3 is 2.39 bits per heavy atom. The van der Waals surface area contributed by atoms with Crippen LogP contribution in [0.3, 0.4) is 0 Å². The fourth-order valence-electron chi connectivity index (χ4n) is 1.97. The van der Waals surface area contributed by atoms with Crippen LogP contribution in [0.5, 0.6) is 0 Å². The molecule has 0 aliphatic carbocycles. The molecule has 0 bridgehead atoms. The lowest BCUT2D eigenvalue weighted by atomic mass is 10.2. The van der Waals surface area contributed by atoms with Crippen molar-refractivity contribution in [2.24, 2.45) is 0 Å². The third-order valence-electron chi connectivity index (χ3n) is 3.37. The number of amides is 1. The number of hydrogen-bond donors (Lipinski definition) is 2. The highest BCUT2D eigenvalue weighted by Crippen LogP contribution is 2.30. The summed E-state index contributed by atoms with van der Waals surface area (Å²) in [6.45, 7) is 0. The minimum atomic E-state index is -4.48. The van der Waals surface area contributed by atoms with E-state index in [1.54, 1.807) is 6.07 Å². The molecule has 0 fully saturated rings. The zero-order valence-electron chi connectivity index (χ0n) is 13.7. The van der Waals surface area contributed by atoms with Gasteiger partial charge in [-0.05, 0) is 30.3 Å². The Kier molecular flexibility index (Phi) is 6.22. The molecule has 0 atom stereocenters. The molecule has 28 heavy (non-hydrogen) atoms. The van der Waals surface area contributed by atoms with Crippen LogP contribution in [0.2, 0.25) is 5.02 Å². The highest BCUT2D eigenvalue weighted by molar-refractivity contribution is 6.34. The van der Waals surface area contributed by atoms with E-state index in [2.05, 4.69) is 10.6 Å². The summed E-state index contributed by atoms with van der Waals surface area (Å²) in [4.78, 5) is 22.3. The molecular weight excluding hydrogens is 401 g/mol. The number of nitro groups is 1. The molecular formula is C17H10ClF3N4O3. The van der Waals surface area contributed by atoms with Crippen molar-refractivity contribution in [2.45, 2.75) is 6.18 Å². The van der Waals surface area contributed by atoms with Crippen LogP contribution >= 0.6 is 11.6 Å². The van der Waals surface area contributed by atoms with Crippen molar-refractivity contribution in [1.29, 1.82) is 5.26 Å². The summed E-state index contributed by atoms with van der Waals surface area (Å²) >= 11 is 5.87. The molecule has 1 amide bonds. The number of alkyl halides is 3. The van der Waals surface area contributed by atoms with Crippen molar-refractivity contribution in [3.63, 3.8) is 0 Å². The Morgan fingerprint density at radius 1 is 1.21 bits per heavy atom. The Morgan fingerprint density at radius 2 is 1.86 bits per heavy atom. The van der Waals surface area contributed by atoms with Crippen molar-refractivity contribution in [3.05, 3.63) is 74.9 Å². The number of anilines is 2. The SMILES string of the molecule is N#C/C(=C/Nc1ccc(C(F)(F)F)cc1)C(=O)Nc1cc([N+](=O)[O-])ccc1Cl. The number of nitrogens with one attached hydrogen (secondary N) is 2. The summed E-state index contributed by atoms with van der Waals surface area (Å²) in [6, 6.07) is 8.93. The molecule has 0 saturated heterocycles. The van der Waals surface area contributed by atoms with E-state index in [-0.39, 0.29) is 22.1 Å². The Hall–Kier alpha value is -3.58. The summed E-state index contributed by atoms with van der Waals surface area (Å²) in [6.07, 6.45) is -3.49. The lowest BCUT2D eigenvalue weighted by Gasteiger charge is -2.08. The minimum Gasteiger partial charge on any atom is -0.360 e. The topological polar surface area (TPSA) is 108 Å². The first-order chi connectivity index (χ1) is 13.1. The van der Waals surface area contributed by atoms with E-state index in [1.807, 2.05) is 0 Å². The third-order valence-corrected chi connectivity index (χ3v) is 3.70. The number of nitriles is 1. The van der Waals surface area contributed by atoms with Gasteiger partial charge in [-0.25, -0.2) is 0 Å². The van der Waals surface area contributed by atoms with Crippen molar-refractivity contribution in [3.8, 4) is 6.07 Å². The number of benzene rings is 2. The van der Waals surface area contributed by atoms with Crippen LogP contribution in [-0.2, 0) is 11.0 Å².